The van der Waals surface area contributed by atoms with Gasteiger partial charge < -0.3 is 10.6 Å². The number of rotatable bonds is 2. The first-order valence-corrected chi connectivity index (χ1v) is 5.73. The van der Waals surface area contributed by atoms with E-state index in [0.717, 1.165) is 0 Å². The fraction of sp³-hybridized carbons (Fsp3) is 0. The van der Waals surface area contributed by atoms with E-state index in [-0.39, 0.29) is 0 Å². The zero-order chi connectivity index (χ0) is 13.5. The van der Waals surface area contributed by atoms with Crippen molar-refractivity contribution in [3.63, 3.8) is 0 Å². The Labute approximate surface area is 110 Å². The van der Waals surface area contributed by atoms with Gasteiger partial charge in [0.25, 0.3) is 0 Å². The first-order chi connectivity index (χ1) is 9.24. The van der Waals surface area contributed by atoms with Crippen molar-refractivity contribution in [3.8, 4) is 0 Å². The maximum absolute atomic E-state index is 11.5. The number of carbonyl (C=O) groups is 2. The molecule has 2 aromatic rings. The molecule has 0 bridgehead atoms. The Balaban J connectivity index is 1.84. The van der Waals surface area contributed by atoms with E-state index < -0.39 is 12.1 Å². The van der Waals surface area contributed by atoms with Crippen LogP contribution in [0.1, 0.15) is 0 Å². The molecule has 4 amide bonds. The molecule has 0 aliphatic rings. The Morgan fingerprint density at radius 2 is 1.00 bits per heavy atom. The van der Waals surface area contributed by atoms with E-state index in [9.17, 15) is 9.59 Å². The molecule has 0 spiro atoms. The minimum Gasteiger partial charge on any atom is -0.308 e. The molecule has 0 fully saturated rings. The predicted octanol–water partition coefficient (Wildman–Crippen LogP) is 3.04. The summed E-state index contributed by atoms with van der Waals surface area (Å²) in [4.78, 5) is 23.1. The van der Waals surface area contributed by atoms with Gasteiger partial charge in [0, 0.05) is 11.4 Å². The van der Waals surface area contributed by atoms with Crippen LogP contribution in [0, 0.1) is 0 Å². The van der Waals surface area contributed by atoms with Crippen molar-refractivity contribution in [2.45, 2.75) is 0 Å². The quantitative estimate of drug-likeness (QED) is 0.771. The molecule has 0 aliphatic heterocycles. The summed E-state index contributed by atoms with van der Waals surface area (Å²) >= 11 is 0. The van der Waals surface area contributed by atoms with E-state index in [1.54, 1.807) is 48.5 Å². The Morgan fingerprint density at radius 3 is 1.37 bits per heavy atom. The molecule has 0 unspecified atom stereocenters. The molecule has 0 saturated heterocycles. The molecule has 5 nitrogen and oxygen atoms in total. The molecule has 0 atom stereocenters. The highest BCUT2D eigenvalue weighted by atomic mass is 16.2. The van der Waals surface area contributed by atoms with Crippen LogP contribution in [-0.4, -0.2) is 12.1 Å². The van der Waals surface area contributed by atoms with Crippen molar-refractivity contribution in [1.29, 1.82) is 0 Å². The third kappa shape index (κ3) is 4.16. The van der Waals surface area contributed by atoms with Gasteiger partial charge in [-0.15, -0.1) is 0 Å². The Kier molecular flexibility index (Phi) is 4.12. The summed E-state index contributed by atoms with van der Waals surface area (Å²) in [6, 6.07) is 16.6. The molecule has 3 N–H and O–H groups in total. The fourth-order valence-corrected chi connectivity index (χ4v) is 1.47. The van der Waals surface area contributed by atoms with E-state index in [2.05, 4.69) is 16.0 Å². The van der Waals surface area contributed by atoms with E-state index in [1.807, 2.05) is 12.1 Å². The first-order valence-electron chi connectivity index (χ1n) is 5.73. The van der Waals surface area contributed by atoms with Crippen molar-refractivity contribution in [2.75, 3.05) is 10.6 Å². The second-order valence-corrected chi connectivity index (χ2v) is 3.77. The zero-order valence-electron chi connectivity index (χ0n) is 10.1. The second-order valence-electron chi connectivity index (χ2n) is 3.77. The predicted molar refractivity (Wildman–Crippen MR) is 74.1 cm³/mol. The van der Waals surface area contributed by atoms with Gasteiger partial charge in [-0.2, -0.15) is 0 Å². The maximum atomic E-state index is 11.5. The summed E-state index contributed by atoms with van der Waals surface area (Å²) < 4.78 is 0. The highest BCUT2D eigenvalue weighted by molar-refractivity contribution is 6.05. The minimum atomic E-state index is -0.584. The molecule has 0 radical (unpaired) electrons. The fourth-order valence-electron chi connectivity index (χ4n) is 1.47. The summed E-state index contributed by atoms with van der Waals surface area (Å²) in [6.45, 7) is 0. The van der Waals surface area contributed by atoms with Gasteiger partial charge in [0.1, 0.15) is 0 Å². The summed E-state index contributed by atoms with van der Waals surface area (Å²) in [5, 5.41) is 7.27. The van der Waals surface area contributed by atoms with Gasteiger partial charge in [-0.05, 0) is 24.3 Å². The molecule has 2 rings (SSSR count). The van der Waals surface area contributed by atoms with Gasteiger partial charge in [0.15, 0.2) is 0 Å². The van der Waals surface area contributed by atoms with E-state index in [4.69, 9.17) is 0 Å². The SMILES string of the molecule is O=C(NC(=O)Nc1ccccc1)Nc1ccccc1. The molecule has 0 aromatic heterocycles. The highest BCUT2D eigenvalue weighted by Gasteiger charge is 2.07. The lowest BCUT2D eigenvalue weighted by molar-refractivity contribution is 0.240. The number of carbonyl (C=O) groups excluding carboxylic acids is 2. The van der Waals surface area contributed by atoms with Crippen molar-refractivity contribution in [2.24, 2.45) is 0 Å². The minimum absolute atomic E-state index is 0.584. The molecule has 0 saturated carbocycles. The number of imide groups is 1. The molecular formula is C14H13N3O2. The lowest BCUT2D eigenvalue weighted by Crippen LogP contribution is -2.37. The monoisotopic (exact) mass is 255 g/mol. The Bertz CT molecular complexity index is 504. The molecule has 96 valence electrons. The lowest BCUT2D eigenvalue weighted by Gasteiger charge is -2.07. The van der Waals surface area contributed by atoms with Crippen molar-refractivity contribution in [1.82, 2.24) is 5.32 Å². The van der Waals surface area contributed by atoms with E-state index in [1.165, 1.54) is 0 Å². The van der Waals surface area contributed by atoms with Crippen LogP contribution < -0.4 is 16.0 Å². The number of benzene rings is 2. The van der Waals surface area contributed by atoms with Crippen molar-refractivity contribution < 1.29 is 9.59 Å². The summed E-state index contributed by atoms with van der Waals surface area (Å²) in [7, 11) is 0. The molecule has 19 heavy (non-hydrogen) atoms. The van der Waals surface area contributed by atoms with Crippen LogP contribution in [0.2, 0.25) is 0 Å². The number of para-hydroxylation sites is 2. The molecule has 5 heteroatoms. The highest BCUT2D eigenvalue weighted by Crippen LogP contribution is 2.05. The number of hydrogen-bond acceptors (Lipinski definition) is 2. The van der Waals surface area contributed by atoms with Gasteiger partial charge in [0.2, 0.25) is 0 Å². The summed E-state index contributed by atoms with van der Waals surface area (Å²) in [5.74, 6) is 0. The van der Waals surface area contributed by atoms with Gasteiger partial charge in [-0.25, -0.2) is 9.59 Å². The number of amides is 4. The molecule has 0 heterocycles. The molecule has 0 aliphatic carbocycles. The normalized spacial score (nSPS) is 9.47. The number of nitrogens with one attached hydrogen (secondary N) is 3. The van der Waals surface area contributed by atoms with Crippen LogP contribution in [-0.2, 0) is 0 Å². The standard InChI is InChI=1S/C14H13N3O2/c18-13(15-11-7-3-1-4-8-11)17-14(19)16-12-9-5-2-6-10-12/h1-10H,(H3,15,16,17,18,19). The Hall–Kier alpha value is -2.82. The number of hydrogen-bond donors (Lipinski definition) is 3. The van der Waals surface area contributed by atoms with Gasteiger partial charge in [0.05, 0.1) is 0 Å². The molecule has 2 aromatic carbocycles. The van der Waals surface area contributed by atoms with Crippen molar-refractivity contribution >= 4 is 23.4 Å². The van der Waals surface area contributed by atoms with Gasteiger partial charge in [-0.3, -0.25) is 5.32 Å². The van der Waals surface area contributed by atoms with E-state index in [0.29, 0.717) is 11.4 Å². The lowest BCUT2D eigenvalue weighted by atomic mass is 10.3. The van der Waals surface area contributed by atoms with Crippen LogP contribution in [0.3, 0.4) is 0 Å². The van der Waals surface area contributed by atoms with Crippen molar-refractivity contribution in [3.05, 3.63) is 60.7 Å². The number of anilines is 2. The van der Waals surface area contributed by atoms with E-state index >= 15 is 0 Å². The van der Waals surface area contributed by atoms with Crippen LogP contribution in [0.4, 0.5) is 21.0 Å². The van der Waals surface area contributed by atoms with Gasteiger partial charge in [-0.1, -0.05) is 36.4 Å². The largest absolute Gasteiger partial charge is 0.327 e. The third-order valence-corrected chi connectivity index (χ3v) is 2.29. The average molecular weight is 255 g/mol. The van der Waals surface area contributed by atoms with Crippen LogP contribution in [0.5, 0.6) is 0 Å². The average Bonchev–Trinajstić information content (AvgIpc) is 2.40. The third-order valence-electron chi connectivity index (χ3n) is 2.29. The smallest absolute Gasteiger partial charge is 0.308 e. The summed E-state index contributed by atoms with van der Waals surface area (Å²) in [6.07, 6.45) is 0. The van der Waals surface area contributed by atoms with Crippen LogP contribution in [0.25, 0.3) is 0 Å². The number of urea groups is 2. The molecular weight excluding hydrogens is 242 g/mol. The van der Waals surface area contributed by atoms with Crippen LogP contribution in [0.15, 0.2) is 60.7 Å². The zero-order valence-corrected chi connectivity index (χ0v) is 10.1. The van der Waals surface area contributed by atoms with Crippen LogP contribution >= 0.6 is 0 Å². The van der Waals surface area contributed by atoms with Gasteiger partial charge >= 0.3 is 12.1 Å². The Morgan fingerprint density at radius 1 is 0.632 bits per heavy atom. The second kappa shape index (κ2) is 6.20. The first kappa shape index (κ1) is 12.6. The topological polar surface area (TPSA) is 70.2 Å². The maximum Gasteiger partial charge on any atom is 0.327 e. The summed E-state index contributed by atoms with van der Waals surface area (Å²) in [5.41, 5.74) is 1.24.